The number of hydrogen-bond donors (Lipinski definition) is 1. The predicted molar refractivity (Wildman–Crippen MR) is 69.1 cm³/mol. The number of aliphatic hydroxyl groups is 1. The van der Waals surface area contributed by atoms with E-state index in [-0.39, 0.29) is 17.2 Å². The van der Waals surface area contributed by atoms with Gasteiger partial charge in [-0.05, 0) is 6.42 Å². The molecule has 1 aliphatic heterocycles. The summed E-state index contributed by atoms with van der Waals surface area (Å²) < 4.78 is 29.1. The summed E-state index contributed by atoms with van der Waals surface area (Å²) in [6.07, 6.45) is 0.191. The lowest BCUT2D eigenvalue weighted by Crippen LogP contribution is -2.25. The van der Waals surface area contributed by atoms with Crippen LogP contribution >= 0.6 is 0 Å². The summed E-state index contributed by atoms with van der Waals surface area (Å²) in [6, 6.07) is -0.701. The van der Waals surface area contributed by atoms with Crippen LogP contribution in [0.1, 0.15) is 35.6 Å². The average Bonchev–Trinajstić information content (AvgIpc) is 2.89. The van der Waals surface area contributed by atoms with Crippen molar-refractivity contribution in [2.75, 3.05) is 18.6 Å². The van der Waals surface area contributed by atoms with Crippen molar-refractivity contribution >= 4 is 15.8 Å². The van der Waals surface area contributed by atoms with E-state index in [2.05, 4.69) is 15.0 Å². The normalized spacial score (nSPS) is 24.8. The molecule has 1 aliphatic rings. The second kappa shape index (κ2) is 5.49. The molecular formula is C11H17N3O5S. The molecule has 2 rings (SSSR count). The smallest absolute Gasteiger partial charge is 0.360 e. The minimum absolute atomic E-state index is 0.0749. The Labute approximate surface area is 116 Å². The molecule has 20 heavy (non-hydrogen) atoms. The van der Waals surface area contributed by atoms with E-state index in [0.29, 0.717) is 12.1 Å². The zero-order valence-corrected chi connectivity index (χ0v) is 12.1. The van der Waals surface area contributed by atoms with Gasteiger partial charge in [-0.25, -0.2) is 17.9 Å². The fourth-order valence-corrected chi connectivity index (χ4v) is 4.11. The summed E-state index contributed by atoms with van der Waals surface area (Å²) in [4.78, 5) is 11.6. The molecule has 0 aromatic carbocycles. The first-order valence-corrected chi connectivity index (χ1v) is 8.12. The van der Waals surface area contributed by atoms with E-state index in [1.165, 1.54) is 11.8 Å². The Kier molecular flexibility index (Phi) is 4.09. The van der Waals surface area contributed by atoms with Crippen LogP contribution in [0.5, 0.6) is 0 Å². The van der Waals surface area contributed by atoms with Gasteiger partial charge in [-0.15, -0.1) is 5.10 Å². The summed E-state index contributed by atoms with van der Waals surface area (Å²) in [6.45, 7) is 1.92. The Hall–Kier alpha value is -1.48. The summed E-state index contributed by atoms with van der Waals surface area (Å²) in [7, 11) is -2.05. The Morgan fingerprint density at radius 1 is 1.50 bits per heavy atom. The third kappa shape index (κ3) is 2.68. The quantitative estimate of drug-likeness (QED) is 0.735. The molecule has 0 amide bonds. The summed E-state index contributed by atoms with van der Waals surface area (Å²) in [5.41, 5.74) is 0.575. The Morgan fingerprint density at radius 3 is 2.70 bits per heavy atom. The van der Waals surface area contributed by atoms with Gasteiger partial charge in [0.05, 0.1) is 36.5 Å². The Balaban J connectivity index is 2.42. The van der Waals surface area contributed by atoms with Crippen LogP contribution in [0, 0.1) is 0 Å². The number of sulfone groups is 1. The lowest BCUT2D eigenvalue weighted by atomic mass is 10.1. The molecule has 1 fully saturated rings. The van der Waals surface area contributed by atoms with Crippen molar-refractivity contribution in [2.45, 2.75) is 31.9 Å². The van der Waals surface area contributed by atoms with E-state index < -0.39 is 28.0 Å². The second-order valence-corrected chi connectivity index (χ2v) is 6.94. The highest BCUT2D eigenvalue weighted by molar-refractivity contribution is 7.91. The van der Waals surface area contributed by atoms with Crippen molar-refractivity contribution in [1.29, 1.82) is 0 Å². The van der Waals surface area contributed by atoms with Crippen LogP contribution in [-0.2, 0) is 21.0 Å². The number of rotatable bonds is 4. The van der Waals surface area contributed by atoms with Gasteiger partial charge in [0, 0.05) is 0 Å². The minimum Gasteiger partial charge on any atom is -0.464 e. The van der Waals surface area contributed by atoms with Crippen molar-refractivity contribution in [3.8, 4) is 0 Å². The molecule has 1 N–H and O–H groups in total. The molecular weight excluding hydrogens is 286 g/mol. The molecule has 0 aliphatic carbocycles. The lowest BCUT2D eigenvalue weighted by molar-refractivity contribution is 0.0592. The van der Waals surface area contributed by atoms with Crippen LogP contribution in [0.2, 0.25) is 0 Å². The zero-order valence-electron chi connectivity index (χ0n) is 11.3. The average molecular weight is 303 g/mol. The van der Waals surface area contributed by atoms with E-state index in [4.69, 9.17) is 0 Å². The van der Waals surface area contributed by atoms with Gasteiger partial charge in [0.1, 0.15) is 0 Å². The SMILES string of the molecule is CCCc1c(C(=O)OC)nnn1C1CS(=O)(=O)CC1O. The molecule has 2 unspecified atom stereocenters. The fraction of sp³-hybridized carbons (Fsp3) is 0.727. The predicted octanol–water partition coefficient (Wildman–Crippen LogP) is -0.652. The number of carbonyl (C=O) groups excluding carboxylic acids is 1. The van der Waals surface area contributed by atoms with Crippen molar-refractivity contribution in [2.24, 2.45) is 0 Å². The maximum Gasteiger partial charge on any atom is 0.360 e. The lowest BCUT2D eigenvalue weighted by Gasteiger charge is -2.15. The van der Waals surface area contributed by atoms with Gasteiger partial charge >= 0.3 is 5.97 Å². The standard InChI is InChI=1S/C11H17N3O5S/c1-3-4-7-10(11(16)19-2)12-13-14(7)8-5-20(17,18)6-9(8)15/h8-9,15H,3-6H2,1-2H3. The molecule has 1 aromatic rings. The number of esters is 1. The van der Waals surface area contributed by atoms with E-state index in [0.717, 1.165) is 6.42 Å². The van der Waals surface area contributed by atoms with E-state index in [1.54, 1.807) is 0 Å². The number of nitrogens with zero attached hydrogens (tertiary/aromatic N) is 3. The van der Waals surface area contributed by atoms with Crippen LogP contribution in [-0.4, -0.2) is 59.2 Å². The number of ether oxygens (including phenoxy) is 1. The number of hydrogen-bond acceptors (Lipinski definition) is 7. The van der Waals surface area contributed by atoms with E-state index in [1.807, 2.05) is 6.92 Å². The maximum atomic E-state index is 11.6. The highest BCUT2D eigenvalue weighted by Crippen LogP contribution is 2.26. The highest BCUT2D eigenvalue weighted by Gasteiger charge is 2.40. The number of methoxy groups -OCH3 is 1. The number of carbonyl (C=O) groups is 1. The van der Waals surface area contributed by atoms with Crippen LogP contribution < -0.4 is 0 Å². The second-order valence-electron chi connectivity index (χ2n) is 4.78. The van der Waals surface area contributed by atoms with Gasteiger partial charge in [-0.2, -0.15) is 0 Å². The Bertz CT molecular complexity index is 610. The molecule has 0 bridgehead atoms. The molecule has 0 spiro atoms. The van der Waals surface area contributed by atoms with Crippen molar-refractivity contribution in [3.63, 3.8) is 0 Å². The van der Waals surface area contributed by atoms with Crippen LogP contribution in [0.3, 0.4) is 0 Å². The van der Waals surface area contributed by atoms with Crippen LogP contribution in [0.25, 0.3) is 0 Å². The first kappa shape index (κ1) is 14.9. The largest absolute Gasteiger partial charge is 0.464 e. The number of aromatic nitrogens is 3. The summed E-state index contributed by atoms with van der Waals surface area (Å²) in [5.74, 6) is -1.11. The zero-order chi connectivity index (χ0) is 14.9. The molecule has 0 saturated carbocycles. The van der Waals surface area contributed by atoms with Gasteiger partial charge in [0.2, 0.25) is 0 Å². The minimum atomic E-state index is -3.30. The molecule has 2 heterocycles. The molecule has 1 aromatic heterocycles. The van der Waals surface area contributed by atoms with Crippen molar-refractivity contribution in [1.82, 2.24) is 15.0 Å². The summed E-state index contributed by atoms with van der Waals surface area (Å²) in [5, 5.41) is 17.5. The first-order valence-electron chi connectivity index (χ1n) is 6.30. The van der Waals surface area contributed by atoms with E-state index >= 15 is 0 Å². The molecule has 112 valence electrons. The molecule has 0 radical (unpaired) electrons. The fourth-order valence-electron chi connectivity index (χ4n) is 2.35. The number of aliphatic hydroxyl groups excluding tert-OH is 1. The van der Waals surface area contributed by atoms with Gasteiger partial charge in [0.25, 0.3) is 0 Å². The first-order chi connectivity index (χ1) is 9.39. The van der Waals surface area contributed by atoms with Crippen LogP contribution in [0.15, 0.2) is 0 Å². The molecule has 9 heteroatoms. The van der Waals surface area contributed by atoms with Crippen molar-refractivity contribution in [3.05, 3.63) is 11.4 Å². The Morgan fingerprint density at radius 2 is 2.20 bits per heavy atom. The maximum absolute atomic E-state index is 11.6. The monoisotopic (exact) mass is 303 g/mol. The van der Waals surface area contributed by atoms with E-state index in [9.17, 15) is 18.3 Å². The van der Waals surface area contributed by atoms with Gasteiger partial charge < -0.3 is 9.84 Å². The summed E-state index contributed by atoms with van der Waals surface area (Å²) >= 11 is 0. The van der Waals surface area contributed by atoms with Gasteiger partial charge in [-0.3, -0.25) is 0 Å². The molecule has 1 saturated heterocycles. The van der Waals surface area contributed by atoms with Gasteiger partial charge in [0.15, 0.2) is 15.5 Å². The molecule has 2 atom stereocenters. The molecule has 8 nitrogen and oxygen atoms in total. The van der Waals surface area contributed by atoms with Crippen LogP contribution in [0.4, 0.5) is 0 Å². The highest BCUT2D eigenvalue weighted by atomic mass is 32.2. The third-order valence-electron chi connectivity index (χ3n) is 3.26. The topological polar surface area (TPSA) is 111 Å². The van der Waals surface area contributed by atoms with Gasteiger partial charge in [-0.1, -0.05) is 18.6 Å². The van der Waals surface area contributed by atoms with Crippen molar-refractivity contribution < 1.29 is 23.1 Å². The third-order valence-corrected chi connectivity index (χ3v) is 4.96.